The molecule has 5 atom stereocenters. The highest BCUT2D eigenvalue weighted by molar-refractivity contribution is 5.18. The predicted octanol–water partition coefficient (Wildman–Crippen LogP) is 4.65. The molecule has 0 bridgehead atoms. The van der Waals surface area contributed by atoms with Crippen LogP contribution in [0.1, 0.15) is 77.6 Å². The van der Waals surface area contributed by atoms with E-state index in [4.69, 9.17) is 14.2 Å². The Kier molecular flexibility index (Phi) is 7.11. The zero-order chi connectivity index (χ0) is 18.5. The molecule has 150 valence electrons. The molecule has 4 nitrogen and oxygen atoms in total. The molecule has 2 heterocycles. The second-order valence-electron chi connectivity index (χ2n) is 8.28. The van der Waals surface area contributed by atoms with E-state index < -0.39 is 17.5 Å². The number of halogens is 1. The van der Waals surface area contributed by atoms with Crippen LogP contribution < -0.4 is 0 Å². The van der Waals surface area contributed by atoms with Crippen LogP contribution in [-0.2, 0) is 14.2 Å². The van der Waals surface area contributed by atoms with Crippen molar-refractivity contribution in [2.45, 2.75) is 101 Å². The fraction of sp³-hybridized carbons (Fsp3) is 0.905. The number of allylic oxidation sites excluding steroid dienone is 1. The van der Waals surface area contributed by atoms with Crippen LogP contribution >= 0.6 is 0 Å². The zero-order valence-corrected chi connectivity index (χ0v) is 16.1. The summed E-state index contributed by atoms with van der Waals surface area (Å²) in [5.74, 6) is 0.237. The highest BCUT2D eigenvalue weighted by atomic mass is 19.1. The van der Waals surface area contributed by atoms with Crippen molar-refractivity contribution in [3.8, 4) is 0 Å². The van der Waals surface area contributed by atoms with Crippen LogP contribution in [0.15, 0.2) is 12.2 Å². The van der Waals surface area contributed by atoms with E-state index in [-0.39, 0.29) is 18.9 Å². The second-order valence-corrected chi connectivity index (χ2v) is 8.28. The summed E-state index contributed by atoms with van der Waals surface area (Å²) in [7, 11) is 0. The molecule has 0 aromatic carbocycles. The summed E-state index contributed by atoms with van der Waals surface area (Å²) in [5.41, 5.74) is -0.956. The van der Waals surface area contributed by atoms with Crippen LogP contribution in [0, 0.1) is 5.92 Å². The Hall–Kier alpha value is -0.490. The van der Waals surface area contributed by atoms with Gasteiger partial charge in [-0.3, -0.25) is 4.39 Å². The van der Waals surface area contributed by atoms with Gasteiger partial charge in [0.25, 0.3) is 0 Å². The predicted molar refractivity (Wildman–Crippen MR) is 98.4 cm³/mol. The number of aliphatic hydroxyl groups is 1. The summed E-state index contributed by atoms with van der Waals surface area (Å²) in [6.07, 6.45) is 13.9. The van der Waals surface area contributed by atoms with Crippen LogP contribution in [0.4, 0.5) is 4.39 Å². The Morgan fingerprint density at radius 3 is 2.81 bits per heavy atom. The lowest BCUT2D eigenvalue weighted by Crippen LogP contribution is -2.52. The van der Waals surface area contributed by atoms with Gasteiger partial charge in [-0.05, 0) is 58.3 Å². The summed E-state index contributed by atoms with van der Waals surface area (Å²) in [6, 6.07) is 0. The molecule has 0 spiro atoms. The van der Waals surface area contributed by atoms with Gasteiger partial charge in [-0.15, -0.1) is 0 Å². The van der Waals surface area contributed by atoms with Crippen LogP contribution in [-0.4, -0.2) is 42.2 Å². The highest BCUT2D eigenvalue weighted by Gasteiger charge is 2.65. The number of aliphatic hydroxyl groups excluding tert-OH is 1. The van der Waals surface area contributed by atoms with Crippen LogP contribution in [0.25, 0.3) is 0 Å². The van der Waals surface area contributed by atoms with Gasteiger partial charge in [0.1, 0.15) is 5.60 Å². The third kappa shape index (κ3) is 4.32. The van der Waals surface area contributed by atoms with Crippen molar-refractivity contribution in [3.63, 3.8) is 0 Å². The molecule has 0 radical (unpaired) electrons. The van der Waals surface area contributed by atoms with E-state index in [1.165, 1.54) is 0 Å². The Morgan fingerprint density at radius 1 is 1.19 bits per heavy atom. The number of fused-ring (bicyclic) bond motifs is 1. The fourth-order valence-corrected chi connectivity index (χ4v) is 4.92. The van der Waals surface area contributed by atoms with Gasteiger partial charge in [0.05, 0.1) is 12.3 Å². The van der Waals surface area contributed by atoms with Gasteiger partial charge in [0, 0.05) is 18.9 Å². The minimum atomic E-state index is -0.763. The minimum absolute atomic E-state index is 0.188. The Bertz CT molecular complexity index is 465. The van der Waals surface area contributed by atoms with Crippen molar-refractivity contribution in [2.24, 2.45) is 5.92 Å². The molecule has 4 unspecified atom stereocenters. The summed E-state index contributed by atoms with van der Waals surface area (Å²) in [4.78, 5) is 0. The maximum Gasteiger partial charge on any atom is 0.158 e. The van der Waals surface area contributed by atoms with E-state index in [0.29, 0.717) is 12.8 Å². The SMILES string of the molecule is CC12CC[C@H](C=CCCCCCCF)C1(OC1CCCCO1)CC(O)O2. The molecule has 0 amide bonds. The molecular formula is C21H35FO4. The minimum Gasteiger partial charge on any atom is -0.368 e. The van der Waals surface area contributed by atoms with Crippen LogP contribution in [0.5, 0.6) is 0 Å². The molecule has 1 N–H and O–H groups in total. The first-order valence-corrected chi connectivity index (χ1v) is 10.5. The first-order valence-electron chi connectivity index (χ1n) is 10.5. The van der Waals surface area contributed by atoms with Crippen molar-refractivity contribution in [1.82, 2.24) is 0 Å². The van der Waals surface area contributed by atoms with Crippen molar-refractivity contribution >= 4 is 0 Å². The number of alkyl halides is 1. The van der Waals surface area contributed by atoms with Gasteiger partial charge in [-0.2, -0.15) is 0 Å². The standard InChI is InChI=1S/C21H35FO4/c1-20-13-12-17(10-6-4-2-3-5-8-14-22)21(20,16-18(23)25-20)26-19-11-7-9-15-24-19/h6,10,17-19,23H,2-5,7-9,11-16H2,1H3/t17-,18?,19?,20?,21?/m0/s1. The maximum atomic E-state index is 12.1. The summed E-state index contributed by atoms with van der Waals surface area (Å²) in [5, 5.41) is 10.2. The number of rotatable bonds is 9. The molecule has 0 aromatic heterocycles. The zero-order valence-electron chi connectivity index (χ0n) is 16.1. The van der Waals surface area contributed by atoms with Gasteiger partial charge >= 0.3 is 0 Å². The average Bonchev–Trinajstić information content (AvgIpc) is 3.01. The second kappa shape index (κ2) is 9.13. The molecule has 1 saturated carbocycles. The Labute approximate surface area is 157 Å². The molecule has 3 fully saturated rings. The number of unbranched alkanes of at least 4 members (excludes halogenated alkanes) is 4. The van der Waals surface area contributed by atoms with Gasteiger partial charge in [0.15, 0.2) is 12.6 Å². The fourth-order valence-electron chi connectivity index (χ4n) is 4.92. The maximum absolute atomic E-state index is 12.1. The summed E-state index contributed by atoms with van der Waals surface area (Å²) < 4.78 is 30.5. The van der Waals surface area contributed by atoms with Crippen molar-refractivity contribution in [2.75, 3.05) is 13.3 Å². The lowest BCUT2D eigenvalue weighted by atomic mass is 9.80. The van der Waals surface area contributed by atoms with E-state index >= 15 is 0 Å². The smallest absolute Gasteiger partial charge is 0.158 e. The van der Waals surface area contributed by atoms with Gasteiger partial charge in [0.2, 0.25) is 0 Å². The van der Waals surface area contributed by atoms with Crippen molar-refractivity contribution < 1.29 is 23.7 Å². The van der Waals surface area contributed by atoms with Gasteiger partial charge in [-0.1, -0.05) is 25.0 Å². The number of ether oxygens (including phenoxy) is 3. The van der Waals surface area contributed by atoms with E-state index in [2.05, 4.69) is 19.1 Å². The molecule has 3 rings (SSSR count). The van der Waals surface area contributed by atoms with E-state index in [9.17, 15) is 9.50 Å². The molecule has 2 saturated heterocycles. The molecule has 1 aliphatic carbocycles. The largest absolute Gasteiger partial charge is 0.368 e. The first kappa shape index (κ1) is 20.2. The van der Waals surface area contributed by atoms with Crippen molar-refractivity contribution in [3.05, 3.63) is 12.2 Å². The topological polar surface area (TPSA) is 47.9 Å². The van der Waals surface area contributed by atoms with E-state index in [1.807, 2.05) is 0 Å². The highest BCUT2D eigenvalue weighted by Crippen LogP contribution is 2.57. The normalized spacial score (nSPS) is 40.3. The van der Waals surface area contributed by atoms with Gasteiger partial charge < -0.3 is 19.3 Å². The third-order valence-electron chi connectivity index (χ3n) is 6.40. The lowest BCUT2D eigenvalue weighted by molar-refractivity contribution is -0.257. The number of hydrogen-bond acceptors (Lipinski definition) is 4. The van der Waals surface area contributed by atoms with Crippen LogP contribution in [0.3, 0.4) is 0 Å². The molecule has 5 heteroatoms. The summed E-state index contributed by atoms with van der Waals surface area (Å²) >= 11 is 0. The molecule has 0 aromatic rings. The molecule has 2 aliphatic heterocycles. The molecular weight excluding hydrogens is 335 g/mol. The first-order chi connectivity index (χ1) is 12.6. The quantitative estimate of drug-likeness (QED) is 0.474. The van der Waals surface area contributed by atoms with Gasteiger partial charge in [-0.25, -0.2) is 0 Å². The lowest BCUT2D eigenvalue weighted by Gasteiger charge is -2.42. The Morgan fingerprint density at radius 2 is 2.04 bits per heavy atom. The third-order valence-corrected chi connectivity index (χ3v) is 6.40. The average molecular weight is 371 g/mol. The van der Waals surface area contributed by atoms with E-state index in [0.717, 1.165) is 64.4 Å². The van der Waals surface area contributed by atoms with Crippen molar-refractivity contribution in [1.29, 1.82) is 0 Å². The molecule has 26 heavy (non-hydrogen) atoms. The monoisotopic (exact) mass is 370 g/mol. The Balaban J connectivity index is 1.62. The number of hydrogen-bond donors (Lipinski definition) is 1. The summed E-state index contributed by atoms with van der Waals surface area (Å²) in [6.45, 7) is 2.62. The van der Waals surface area contributed by atoms with E-state index in [1.54, 1.807) is 0 Å². The van der Waals surface area contributed by atoms with Crippen LogP contribution in [0.2, 0.25) is 0 Å². The molecule has 3 aliphatic rings.